The summed E-state index contributed by atoms with van der Waals surface area (Å²) in [6, 6.07) is 13.9. The number of benzene rings is 2. The number of allylic oxidation sites excluding steroid dienone is 2. The highest BCUT2D eigenvalue weighted by molar-refractivity contribution is 7.98. The van der Waals surface area contributed by atoms with Crippen LogP contribution in [0.3, 0.4) is 0 Å². The molecule has 1 aromatic heterocycles. The minimum absolute atomic E-state index is 0.121. The van der Waals surface area contributed by atoms with Crippen LogP contribution < -0.4 is 10.1 Å². The van der Waals surface area contributed by atoms with Gasteiger partial charge in [0.15, 0.2) is 5.78 Å². The summed E-state index contributed by atoms with van der Waals surface area (Å²) in [6.07, 6.45) is 1.25. The van der Waals surface area contributed by atoms with E-state index in [0.717, 1.165) is 34.6 Å². The predicted octanol–water partition coefficient (Wildman–Crippen LogP) is 5.38. The van der Waals surface area contributed by atoms with Crippen molar-refractivity contribution in [3.63, 3.8) is 0 Å². The highest BCUT2D eigenvalue weighted by Gasteiger charge is 2.41. The van der Waals surface area contributed by atoms with Crippen LogP contribution in [0.4, 0.5) is 10.3 Å². The fourth-order valence-corrected chi connectivity index (χ4v) is 5.29. The Balaban J connectivity index is 1.52. The van der Waals surface area contributed by atoms with Crippen molar-refractivity contribution in [3.8, 4) is 5.75 Å². The summed E-state index contributed by atoms with van der Waals surface area (Å²) in [4.78, 5) is 18.0. The molecule has 1 atom stereocenters. The largest absolute Gasteiger partial charge is 0.497 e. The predicted molar refractivity (Wildman–Crippen MR) is 126 cm³/mol. The molecule has 0 saturated heterocycles. The molecule has 33 heavy (non-hydrogen) atoms. The van der Waals surface area contributed by atoms with Gasteiger partial charge in [-0.05, 0) is 47.2 Å². The third kappa shape index (κ3) is 4.27. The van der Waals surface area contributed by atoms with E-state index in [1.54, 1.807) is 17.9 Å². The molecule has 2 heterocycles. The summed E-state index contributed by atoms with van der Waals surface area (Å²) in [5.41, 5.74) is 3.36. The van der Waals surface area contributed by atoms with Crippen LogP contribution in [0, 0.1) is 11.2 Å². The van der Waals surface area contributed by atoms with Gasteiger partial charge < -0.3 is 10.1 Å². The number of halogens is 1. The lowest BCUT2D eigenvalue weighted by molar-refractivity contribution is -0.118. The number of fused-ring (bicyclic) bond motifs is 1. The summed E-state index contributed by atoms with van der Waals surface area (Å²) in [5.74, 6) is 1.78. The molecular formula is C25H25FN4O2S. The van der Waals surface area contributed by atoms with E-state index in [4.69, 9.17) is 14.8 Å². The number of carbonyl (C=O) groups excluding carboxylic acids is 1. The monoisotopic (exact) mass is 464 g/mol. The summed E-state index contributed by atoms with van der Waals surface area (Å²) >= 11 is 1.44. The maximum absolute atomic E-state index is 13.5. The van der Waals surface area contributed by atoms with E-state index >= 15 is 0 Å². The van der Waals surface area contributed by atoms with Crippen molar-refractivity contribution in [2.24, 2.45) is 5.41 Å². The van der Waals surface area contributed by atoms with Crippen molar-refractivity contribution in [2.75, 3.05) is 12.4 Å². The van der Waals surface area contributed by atoms with E-state index in [0.29, 0.717) is 23.3 Å². The molecule has 0 saturated carbocycles. The smallest absolute Gasteiger partial charge is 0.227 e. The number of carbonyl (C=O) groups is 1. The van der Waals surface area contributed by atoms with Gasteiger partial charge in [-0.3, -0.25) is 4.79 Å². The zero-order chi connectivity index (χ0) is 23.2. The topological polar surface area (TPSA) is 69.0 Å². The Hall–Kier alpha value is -3.13. The van der Waals surface area contributed by atoms with Gasteiger partial charge in [0.1, 0.15) is 17.6 Å². The van der Waals surface area contributed by atoms with Gasteiger partial charge in [0.05, 0.1) is 7.11 Å². The molecule has 0 bridgehead atoms. The minimum Gasteiger partial charge on any atom is -0.497 e. The van der Waals surface area contributed by atoms with Crippen molar-refractivity contribution >= 4 is 23.5 Å². The van der Waals surface area contributed by atoms with Gasteiger partial charge in [-0.2, -0.15) is 4.98 Å². The zero-order valence-corrected chi connectivity index (χ0v) is 19.6. The number of nitrogens with one attached hydrogen (secondary N) is 1. The molecule has 0 amide bonds. The van der Waals surface area contributed by atoms with E-state index in [1.807, 2.05) is 30.3 Å². The second-order valence-electron chi connectivity index (χ2n) is 9.22. The molecule has 0 spiro atoms. The number of ether oxygens (including phenoxy) is 1. The first-order chi connectivity index (χ1) is 15.8. The Morgan fingerprint density at radius 1 is 1.21 bits per heavy atom. The van der Waals surface area contributed by atoms with Crippen LogP contribution in [0.25, 0.3) is 0 Å². The van der Waals surface area contributed by atoms with Crippen molar-refractivity contribution in [2.45, 2.75) is 43.6 Å². The maximum Gasteiger partial charge on any atom is 0.227 e. The van der Waals surface area contributed by atoms with Crippen molar-refractivity contribution < 1.29 is 13.9 Å². The lowest BCUT2D eigenvalue weighted by atomic mass is 9.73. The second-order valence-corrected chi connectivity index (χ2v) is 10.2. The van der Waals surface area contributed by atoms with Gasteiger partial charge in [0.25, 0.3) is 0 Å². The molecule has 1 N–H and O–H groups in total. The Labute approximate surface area is 196 Å². The third-order valence-electron chi connectivity index (χ3n) is 6.00. The quantitative estimate of drug-likeness (QED) is 0.512. The van der Waals surface area contributed by atoms with E-state index in [-0.39, 0.29) is 23.1 Å². The molecule has 0 radical (unpaired) electrons. The van der Waals surface area contributed by atoms with Crippen molar-refractivity contribution in [1.82, 2.24) is 14.8 Å². The summed E-state index contributed by atoms with van der Waals surface area (Å²) < 4.78 is 20.6. The Morgan fingerprint density at radius 2 is 2.00 bits per heavy atom. The normalized spacial score (nSPS) is 19.0. The van der Waals surface area contributed by atoms with Crippen LogP contribution in [-0.4, -0.2) is 27.7 Å². The van der Waals surface area contributed by atoms with E-state index in [2.05, 4.69) is 19.2 Å². The van der Waals surface area contributed by atoms with Crippen molar-refractivity contribution in [3.05, 3.63) is 76.7 Å². The van der Waals surface area contributed by atoms with Crippen LogP contribution in [-0.2, 0) is 10.5 Å². The third-order valence-corrected chi connectivity index (χ3v) is 6.91. The van der Waals surface area contributed by atoms with Crippen molar-refractivity contribution in [1.29, 1.82) is 0 Å². The Kier molecular flexibility index (Phi) is 5.48. The summed E-state index contributed by atoms with van der Waals surface area (Å²) in [7, 11) is 1.63. The number of nitrogens with zero attached hydrogens (tertiary/aromatic N) is 3. The minimum atomic E-state index is -0.359. The first kappa shape index (κ1) is 21.7. The average Bonchev–Trinajstić information content (AvgIpc) is 3.18. The van der Waals surface area contributed by atoms with Gasteiger partial charge in [-0.1, -0.05) is 49.9 Å². The SMILES string of the molecule is COc1ccc(C2C3=C(CC(C)(C)CC3=O)Nc3nc(SCc4cccc(F)c4)nn32)cc1. The molecule has 6 nitrogen and oxygen atoms in total. The standard InChI is InChI=1S/C25H25FN4O2S/c1-25(2)12-19-21(20(31)13-25)22(16-7-9-18(32-3)10-8-16)30-23(27-19)28-24(29-30)33-14-15-5-4-6-17(26)11-15/h4-11,22H,12-14H2,1-3H3,(H,27,28,29). The van der Waals surface area contributed by atoms with E-state index in [1.165, 1.54) is 23.9 Å². The van der Waals surface area contributed by atoms with Gasteiger partial charge in [-0.15, -0.1) is 5.10 Å². The second kappa shape index (κ2) is 8.33. The number of methoxy groups -OCH3 is 1. The number of Topliss-reactive ketones (excluding diaryl/α,β-unsaturated/α-hetero) is 1. The molecule has 170 valence electrons. The van der Waals surface area contributed by atoms with Crippen LogP contribution in [0.15, 0.2) is 65.0 Å². The number of thioether (sulfide) groups is 1. The van der Waals surface area contributed by atoms with Gasteiger partial charge >= 0.3 is 0 Å². The molecule has 0 fully saturated rings. The molecule has 1 unspecified atom stereocenters. The lowest BCUT2D eigenvalue weighted by Gasteiger charge is -2.38. The van der Waals surface area contributed by atoms with Gasteiger partial charge in [0, 0.05) is 23.4 Å². The number of aromatic nitrogens is 3. The van der Waals surface area contributed by atoms with E-state index in [9.17, 15) is 9.18 Å². The van der Waals surface area contributed by atoms with Crippen LogP contribution >= 0.6 is 11.8 Å². The fourth-order valence-electron chi connectivity index (χ4n) is 4.52. The number of rotatable bonds is 5. The molecule has 1 aliphatic carbocycles. The summed E-state index contributed by atoms with van der Waals surface area (Å²) in [6.45, 7) is 4.22. The van der Waals surface area contributed by atoms with Crippen LogP contribution in [0.1, 0.15) is 43.9 Å². The van der Waals surface area contributed by atoms with Gasteiger partial charge in [0.2, 0.25) is 11.1 Å². The molecule has 8 heteroatoms. The van der Waals surface area contributed by atoms with E-state index < -0.39 is 0 Å². The first-order valence-electron chi connectivity index (χ1n) is 10.8. The highest BCUT2D eigenvalue weighted by atomic mass is 32.2. The molecule has 2 aromatic carbocycles. The van der Waals surface area contributed by atoms with Crippen LogP contribution in [0.5, 0.6) is 5.75 Å². The number of ketones is 1. The average molecular weight is 465 g/mol. The Morgan fingerprint density at radius 3 is 2.73 bits per heavy atom. The molecule has 1 aliphatic heterocycles. The zero-order valence-electron chi connectivity index (χ0n) is 18.8. The number of hydrogen-bond acceptors (Lipinski definition) is 6. The van der Waals surface area contributed by atoms with Gasteiger partial charge in [-0.25, -0.2) is 9.07 Å². The first-order valence-corrected chi connectivity index (χ1v) is 11.8. The maximum atomic E-state index is 13.5. The molecular weight excluding hydrogens is 439 g/mol. The Bertz CT molecular complexity index is 1250. The lowest BCUT2D eigenvalue weighted by Crippen LogP contribution is -2.36. The van der Waals surface area contributed by atoms with Crippen LogP contribution in [0.2, 0.25) is 0 Å². The molecule has 2 aliphatic rings. The fraction of sp³-hybridized carbons (Fsp3) is 0.320. The number of anilines is 1. The molecule has 3 aromatic rings. The molecule has 5 rings (SSSR count). The summed E-state index contributed by atoms with van der Waals surface area (Å²) in [5, 5.41) is 8.71. The number of hydrogen-bond donors (Lipinski definition) is 1. The highest BCUT2D eigenvalue weighted by Crippen LogP contribution is 2.45.